The van der Waals surface area contributed by atoms with Gasteiger partial charge in [0.1, 0.15) is 5.82 Å². The first-order chi connectivity index (χ1) is 8.88. The molecule has 1 amide bonds. The molecule has 0 aromatic heterocycles. The van der Waals surface area contributed by atoms with Crippen LogP contribution in [0.2, 0.25) is 0 Å². The van der Waals surface area contributed by atoms with Crippen LogP contribution >= 0.6 is 15.9 Å². The Bertz CT molecular complexity index is 479. The summed E-state index contributed by atoms with van der Waals surface area (Å²) in [7, 11) is 0. The van der Waals surface area contributed by atoms with Crippen LogP contribution in [0, 0.1) is 11.7 Å². The summed E-state index contributed by atoms with van der Waals surface area (Å²) in [5, 5.41) is 11.2. The summed E-state index contributed by atoms with van der Waals surface area (Å²) in [5.74, 6) is -1.69. The van der Waals surface area contributed by atoms with Crippen LogP contribution in [-0.4, -0.2) is 23.5 Å². The van der Waals surface area contributed by atoms with Gasteiger partial charge in [0.2, 0.25) is 5.91 Å². The Kier molecular flexibility index (Phi) is 5.95. The first kappa shape index (κ1) is 15.6. The number of aliphatic carboxylic acids is 1. The van der Waals surface area contributed by atoms with Crippen molar-refractivity contribution in [3.63, 3.8) is 0 Å². The third-order valence-electron chi connectivity index (χ3n) is 2.52. The summed E-state index contributed by atoms with van der Waals surface area (Å²) in [4.78, 5) is 22.1. The Hall–Kier alpha value is -1.43. The van der Waals surface area contributed by atoms with Gasteiger partial charge in [-0.2, -0.15) is 0 Å². The Morgan fingerprint density at radius 2 is 2.16 bits per heavy atom. The predicted molar refractivity (Wildman–Crippen MR) is 72.2 cm³/mol. The van der Waals surface area contributed by atoms with Crippen molar-refractivity contribution in [1.82, 2.24) is 5.32 Å². The average Bonchev–Trinajstić information content (AvgIpc) is 2.30. The molecule has 1 aromatic rings. The molecule has 0 aliphatic heterocycles. The van der Waals surface area contributed by atoms with Crippen molar-refractivity contribution in [2.75, 3.05) is 6.54 Å². The maximum absolute atomic E-state index is 13.2. The Balaban J connectivity index is 2.42. The molecule has 0 heterocycles. The van der Waals surface area contributed by atoms with E-state index in [2.05, 4.69) is 21.2 Å². The van der Waals surface area contributed by atoms with Crippen LogP contribution in [-0.2, 0) is 16.0 Å². The molecule has 0 bridgehead atoms. The quantitative estimate of drug-likeness (QED) is 0.840. The second kappa shape index (κ2) is 7.23. The summed E-state index contributed by atoms with van der Waals surface area (Å²) >= 11 is 3.04. The molecule has 0 fully saturated rings. The number of halogens is 2. The molecule has 2 N–H and O–H groups in total. The lowest BCUT2D eigenvalue weighted by Crippen LogP contribution is -2.30. The van der Waals surface area contributed by atoms with Crippen molar-refractivity contribution in [1.29, 1.82) is 0 Å². The van der Waals surface area contributed by atoms with Crippen molar-refractivity contribution in [2.45, 2.75) is 19.8 Å². The first-order valence-electron chi connectivity index (χ1n) is 5.81. The number of carbonyl (C=O) groups excluding carboxylic acids is 1. The van der Waals surface area contributed by atoms with Gasteiger partial charge in [-0.15, -0.1) is 0 Å². The number of rotatable bonds is 6. The molecular weight excluding hydrogens is 317 g/mol. The minimum atomic E-state index is -0.892. The molecule has 0 aliphatic rings. The van der Waals surface area contributed by atoms with Crippen LogP contribution in [0.1, 0.15) is 18.9 Å². The topological polar surface area (TPSA) is 66.4 Å². The second-order valence-corrected chi connectivity index (χ2v) is 5.29. The predicted octanol–water partition coefficient (Wildman–Crippen LogP) is 2.36. The molecule has 4 nitrogen and oxygen atoms in total. The summed E-state index contributed by atoms with van der Waals surface area (Å²) in [6.45, 7) is 2.04. The number of hydrogen-bond donors (Lipinski definition) is 2. The molecule has 19 heavy (non-hydrogen) atoms. The number of carboxylic acid groups (broad SMARTS) is 1. The highest BCUT2D eigenvalue weighted by Gasteiger charge is 2.10. The molecule has 0 spiro atoms. The third-order valence-corrected chi connectivity index (χ3v) is 3.16. The van der Waals surface area contributed by atoms with Gasteiger partial charge in [0.15, 0.2) is 0 Å². The van der Waals surface area contributed by atoms with Crippen molar-refractivity contribution < 1.29 is 19.1 Å². The maximum atomic E-state index is 13.2. The molecular formula is C13H15BrFNO3. The highest BCUT2D eigenvalue weighted by atomic mass is 79.9. The van der Waals surface area contributed by atoms with E-state index in [1.54, 1.807) is 19.1 Å². The Labute approximate surface area is 119 Å². The molecule has 0 aliphatic carbocycles. The van der Waals surface area contributed by atoms with Crippen LogP contribution in [0.25, 0.3) is 0 Å². The lowest BCUT2D eigenvalue weighted by Gasteiger charge is -2.10. The van der Waals surface area contributed by atoms with Gasteiger partial charge < -0.3 is 10.4 Å². The minimum Gasteiger partial charge on any atom is -0.481 e. The number of benzene rings is 1. The van der Waals surface area contributed by atoms with Gasteiger partial charge in [0, 0.05) is 13.0 Å². The van der Waals surface area contributed by atoms with Gasteiger partial charge in [0.25, 0.3) is 0 Å². The molecule has 0 radical (unpaired) electrons. The van der Waals surface area contributed by atoms with E-state index >= 15 is 0 Å². The average molecular weight is 332 g/mol. The van der Waals surface area contributed by atoms with Crippen molar-refractivity contribution in [3.05, 3.63) is 34.1 Å². The van der Waals surface area contributed by atoms with Gasteiger partial charge in [0.05, 0.1) is 10.9 Å². The molecule has 1 aromatic carbocycles. The van der Waals surface area contributed by atoms with Gasteiger partial charge in [-0.05, 0) is 39.5 Å². The monoisotopic (exact) mass is 331 g/mol. The van der Waals surface area contributed by atoms with Crippen LogP contribution in [0.15, 0.2) is 22.7 Å². The Morgan fingerprint density at radius 3 is 2.74 bits per heavy atom. The van der Waals surface area contributed by atoms with Crippen LogP contribution < -0.4 is 5.32 Å². The summed E-state index contributed by atoms with van der Waals surface area (Å²) in [5.41, 5.74) is 0.573. The molecule has 1 atom stereocenters. The van der Waals surface area contributed by atoms with Crippen molar-refractivity contribution >= 4 is 27.8 Å². The fourth-order valence-electron chi connectivity index (χ4n) is 1.56. The fraction of sp³-hybridized carbons (Fsp3) is 0.385. The minimum absolute atomic E-state index is 0.00713. The van der Waals surface area contributed by atoms with Gasteiger partial charge in [-0.1, -0.05) is 13.0 Å². The highest BCUT2D eigenvalue weighted by Crippen LogP contribution is 2.16. The first-order valence-corrected chi connectivity index (χ1v) is 6.60. The van der Waals surface area contributed by atoms with Crippen molar-refractivity contribution in [2.24, 2.45) is 5.92 Å². The zero-order valence-electron chi connectivity index (χ0n) is 10.5. The lowest BCUT2D eigenvalue weighted by molar-refractivity contribution is -0.138. The van der Waals surface area contributed by atoms with Gasteiger partial charge in [-0.25, -0.2) is 4.39 Å². The highest BCUT2D eigenvalue weighted by molar-refractivity contribution is 9.10. The Morgan fingerprint density at radius 1 is 1.47 bits per heavy atom. The van der Waals surface area contributed by atoms with Crippen LogP contribution in [0.4, 0.5) is 4.39 Å². The van der Waals surface area contributed by atoms with E-state index in [4.69, 9.17) is 5.11 Å². The van der Waals surface area contributed by atoms with Gasteiger partial charge in [-0.3, -0.25) is 9.59 Å². The van der Waals surface area contributed by atoms with Crippen molar-refractivity contribution in [3.8, 4) is 0 Å². The molecule has 1 rings (SSSR count). The third kappa shape index (κ3) is 5.83. The van der Waals surface area contributed by atoms with E-state index in [1.165, 1.54) is 6.07 Å². The van der Waals surface area contributed by atoms with Gasteiger partial charge >= 0.3 is 5.97 Å². The second-order valence-electron chi connectivity index (χ2n) is 4.43. The lowest BCUT2D eigenvalue weighted by atomic mass is 10.1. The largest absolute Gasteiger partial charge is 0.481 e. The molecule has 0 saturated heterocycles. The summed E-state index contributed by atoms with van der Waals surface area (Å²) < 4.78 is 13.6. The zero-order chi connectivity index (χ0) is 14.4. The molecule has 104 valence electrons. The maximum Gasteiger partial charge on any atom is 0.303 e. The van der Waals surface area contributed by atoms with E-state index in [1.807, 2.05) is 0 Å². The molecule has 6 heteroatoms. The summed E-state index contributed by atoms with van der Waals surface area (Å²) in [6.07, 6.45) is 0.0805. The van der Waals surface area contributed by atoms with E-state index in [9.17, 15) is 14.0 Å². The van der Waals surface area contributed by atoms with E-state index in [0.29, 0.717) is 16.6 Å². The standard InChI is InChI=1S/C13H15BrFNO3/c1-8(4-13(18)19)7-16-12(17)6-9-2-3-10(14)11(15)5-9/h2-3,5,8H,4,6-7H2,1H3,(H,16,17)(H,18,19). The smallest absolute Gasteiger partial charge is 0.303 e. The summed E-state index contributed by atoms with van der Waals surface area (Å²) in [6, 6.07) is 4.50. The number of hydrogen-bond acceptors (Lipinski definition) is 2. The number of nitrogens with one attached hydrogen (secondary N) is 1. The molecule has 1 unspecified atom stereocenters. The van der Waals surface area contributed by atoms with Crippen LogP contribution in [0.3, 0.4) is 0 Å². The SMILES string of the molecule is CC(CNC(=O)Cc1ccc(Br)c(F)c1)CC(=O)O. The fourth-order valence-corrected chi connectivity index (χ4v) is 1.80. The number of carbonyl (C=O) groups is 2. The van der Waals surface area contributed by atoms with E-state index in [-0.39, 0.29) is 24.7 Å². The normalized spacial score (nSPS) is 11.9. The zero-order valence-corrected chi connectivity index (χ0v) is 12.0. The molecule has 0 saturated carbocycles. The van der Waals surface area contributed by atoms with Crippen LogP contribution in [0.5, 0.6) is 0 Å². The van der Waals surface area contributed by atoms with E-state index in [0.717, 1.165) is 0 Å². The van der Waals surface area contributed by atoms with E-state index < -0.39 is 11.8 Å². The number of carboxylic acids is 1. The number of amides is 1.